The number of halogens is 2. The molecular formula is C23H24F2N2O6. The SMILES string of the molecule is O=C(O)CN(CCO)C(=O)CC(NC(=O)OCC1c2ccccc2-c2ccccc21)C(F)F. The van der Waals surface area contributed by atoms with E-state index in [1.807, 2.05) is 53.8 Å². The number of alkyl carbamates (subject to hydrolysis) is 1. The maximum atomic E-state index is 13.5. The molecule has 1 aliphatic carbocycles. The second-order valence-corrected chi connectivity index (χ2v) is 7.55. The van der Waals surface area contributed by atoms with Crippen molar-refractivity contribution < 1.29 is 38.1 Å². The molecule has 0 radical (unpaired) electrons. The Bertz CT molecular complexity index is 970. The number of benzene rings is 2. The average Bonchev–Trinajstić information content (AvgIpc) is 3.10. The minimum atomic E-state index is -3.09. The van der Waals surface area contributed by atoms with E-state index >= 15 is 0 Å². The van der Waals surface area contributed by atoms with Crippen molar-refractivity contribution in [1.29, 1.82) is 0 Å². The number of carboxylic acid groups (broad SMARTS) is 1. The molecule has 1 aliphatic rings. The van der Waals surface area contributed by atoms with Crippen LogP contribution in [0.1, 0.15) is 23.5 Å². The number of rotatable bonds is 10. The first-order valence-electron chi connectivity index (χ1n) is 10.3. The maximum absolute atomic E-state index is 13.5. The number of hydrogen-bond donors (Lipinski definition) is 3. The number of aliphatic carboxylic acids is 1. The minimum absolute atomic E-state index is 0.0839. The highest BCUT2D eigenvalue weighted by molar-refractivity contribution is 5.82. The highest BCUT2D eigenvalue weighted by Crippen LogP contribution is 2.44. The molecule has 0 bridgehead atoms. The van der Waals surface area contributed by atoms with Crippen molar-refractivity contribution in [2.45, 2.75) is 24.8 Å². The second-order valence-electron chi connectivity index (χ2n) is 7.55. The number of amides is 2. The first-order valence-corrected chi connectivity index (χ1v) is 10.3. The summed E-state index contributed by atoms with van der Waals surface area (Å²) >= 11 is 0. The van der Waals surface area contributed by atoms with E-state index in [1.165, 1.54) is 0 Å². The van der Waals surface area contributed by atoms with Gasteiger partial charge in [-0.05, 0) is 22.3 Å². The minimum Gasteiger partial charge on any atom is -0.480 e. The van der Waals surface area contributed by atoms with Crippen molar-refractivity contribution in [1.82, 2.24) is 10.2 Å². The van der Waals surface area contributed by atoms with Crippen LogP contribution in [-0.2, 0) is 14.3 Å². The molecule has 0 saturated carbocycles. The molecule has 0 fully saturated rings. The average molecular weight is 462 g/mol. The van der Waals surface area contributed by atoms with E-state index in [4.69, 9.17) is 14.9 Å². The Kier molecular flexibility index (Phi) is 7.94. The molecule has 0 aromatic heterocycles. The van der Waals surface area contributed by atoms with Gasteiger partial charge in [0, 0.05) is 12.5 Å². The predicted molar refractivity (Wildman–Crippen MR) is 114 cm³/mol. The zero-order valence-electron chi connectivity index (χ0n) is 17.6. The highest BCUT2D eigenvalue weighted by Gasteiger charge is 2.31. The summed E-state index contributed by atoms with van der Waals surface area (Å²) in [5.41, 5.74) is 3.95. The summed E-state index contributed by atoms with van der Waals surface area (Å²) in [5.74, 6) is -2.55. The Morgan fingerprint density at radius 3 is 2.12 bits per heavy atom. The smallest absolute Gasteiger partial charge is 0.407 e. The van der Waals surface area contributed by atoms with Gasteiger partial charge in [0.05, 0.1) is 13.0 Å². The number of carbonyl (C=O) groups excluding carboxylic acids is 2. The van der Waals surface area contributed by atoms with Gasteiger partial charge in [-0.1, -0.05) is 48.5 Å². The van der Waals surface area contributed by atoms with Gasteiger partial charge in [0.15, 0.2) is 0 Å². The molecule has 2 aromatic rings. The fourth-order valence-corrected chi connectivity index (χ4v) is 3.89. The fourth-order valence-electron chi connectivity index (χ4n) is 3.89. The molecule has 2 amide bonds. The van der Waals surface area contributed by atoms with Crippen LogP contribution in [0.4, 0.5) is 13.6 Å². The molecule has 3 rings (SSSR count). The van der Waals surface area contributed by atoms with Crippen molar-refractivity contribution >= 4 is 18.0 Å². The largest absolute Gasteiger partial charge is 0.480 e. The predicted octanol–water partition coefficient (Wildman–Crippen LogP) is 2.45. The van der Waals surface area contributed by atoms with Gasteiger partial charge in [0.25, 0.3) is 6.43 Å². The van der Waals surface area contributed by atoms with Crippen LogP contribution >= 0.6 is 0 Å². The third-order valence-electron chi connectivity index (χ3n) is 5.39. The van der Waals surface area contributed by atoms with Crippen molar-refractivity contribution in [3.8, 4) is 11.1 Å². The molecule has 8 nitrogen and oxygen atoms in total. The number of hydrogen-bond acceptors (Lipinski definition) is 5. The van der Waals surface area contributed by atoms with E-state index in [-0.39, 0.29) is 19.1 Å². The molecule has 33 heavy (non-hydrogen) atoms. The molecule has 10 heteroatoms. The number of ether oxygens (including phenoxy) is 1. The van der Waals surface area contributed by atoms with Gasteiger partial charge in [-0.3, -0.25) is 9.59 Å². The molecule has 0 aliphatic heterocycles. The molecule has 0 saturated heterocycles. The number of alkyl halides is 2. The van der Waals surface area contributed by atoms with Gasteiger partial charge in [-0.15, -0.1) is 0 Å². The van der Waals surface area contributed by atoms with Crippen molar-refractivity contribution in [3.05, 3.63) is 59.7 Å². The quantitative estimate of drug-likeness (QED) is 0.500. The first-order chi connectivity index (χ1) is 15.8. The fraction of sp³-hybridized carbons (Fsp3) is 0.348. The van der Waals surface area contributed by atoms with E-state index in [1.54, 1.807) is 0 Å². The summed E-state index contributed by atoms with van der Waals surface area (Å²) in [6.45, 7) is -1.69. The van der Waals surface area contributed by atoms with E-state index in [0.717, 1.165) is 27.2 Å². The molecule has 1 unspecified atom stereocenters. The summed E-state index contributed by atoms with van der Waals surface area (Å²) in [5, 5.41) is 19.8. The van der Waals surface area contributed by atoms with Gasteiger partial charge >= 0.3 is 12.1 Å². The molecule has 3 N–H and O–H groups in total. The summed E-state index contributed by atoms with van der Waals surface area (Å²) in [4.78, 5) is 36.1. The van der Waals surface area contributed by atoms with Crippen LogP contribution in [0, 0.1) is 0 Å². The Labute approximate surface area is 188 Å². The second kappa shape index (κ2) is 10.9. The Balaban J connectivity index is 1.63. The lowest BCUT2D eigenvalue weighted by atomic mass is 9.98. The van der Waals surface area contributed by atoms with E-state index < -0.39 is 50.0 Å². The molecule has 0 heterocycles. The van der Waals surface area contributed by atoms with Crippen molar-refractivity contribution in [2.24, 2.45) is 0 Å². The first kappa shape index (κ1) is 24.1. The molecule has 1 atom stereocenters. The zero-order chi connectivity index (χ0) is 24.0. The topological polar surface area (TPSA) is 116 Å². The number of nitrogens with one attached hydrogen (secondary N) is 1. The van der Waals surface area contributed by atoms with Crippen molar-refractivity contribution in [2.75, 3.05) is 26.3 Å². The van der Waals surface area contributed by atoms with Gasteiger partial charge < -0.3 is 25.2 Å². The van der Waals surface area contributed by atoms with E-state index in [9.17, 15) is 23.2 Å². The number of aliphatic hydroxyl groups is 1. The lowest BCUT2D eigenvalue weighted by Gasteiger charge is -2.23. The Morgan fingerprint density at radius 1 is 1.03 bits per heavy atom. The van der Waals surface area contributed by atoms with Crippen LogP contribution < -0.4 is 5.32 Å². The highest BCUT2D eigenvalue weighted by atomic mass is 19.3. The van der Waals surface area contributed by atoms with Crippen molar-refractivity contribution in [3.63, 3.8) is 0 Å². The molecule has 176 valence electrons. The van der Waals surface area contributed by atoms with Crippen LogP contribution in [0.15, 0.2) is 48.5 Å². The third kappa shape index (κ3) is 5.83. The summed E-state index contributed by atoms with van der Waals surface area (Å²) in [7, 11) is 0. The van der Waals surface area contributed by atoms with Crippen LogP contribution in [0.5, 0.6) is 0 Å². The van der Waals surface area contributed by atoms with Crippen LogP contribution in [0.3, 0.4) is 0 Å². The Hall–Kier alpha value is -3.53. The number of aliphatic hydroxyl groups excluding tert-OH is 1. The van der Waals surface area contributed by atoms with Gasteiger partial charge in [0.1, 0.15) is 19.2 Å². The van der Waals surface area contributed by atoms with E-state index in [0.29, 0.717) is 0 Å². The lowest BCUT2D eigenvalue weighted by molar-refractivity contribution is -0.145. The number of carboxylic acids is 1. The maximum Gasteiger partial charge on any atom is 0.407 e. The van der Waals surface area contributed by atoms with Crippen LogP contribution in [0.2, 0.25) is 0 Å². The normalized spacial score (nSPS) is 13.2. The van der Waals surface area contributed by atoms with Gasteiger partial charge in [-0.25, -0.2) is 13.6 Å². The summed E-state index contributed by atoms with van der Waals surface area (Å²) in [6.07, 6.45) is -5.04. The summed E-state index contributed by atoms with van der Waals surface area (Å²) in [6, 6.07) is 13.4. The van der Waals surface area contributed by atoms with Gasteiger partial charge in [-0.2, -0.15) is 0 Å². The summed E-state index contributed by atoms with van der Waals surface area (Å²) < 4.78 is 32.2. The standard InChI is InChI=1S/C23H24F2N2O6/c24-22(25)19(11-20(29)27(9-10-28)12-21(30)31)26-23(32)33-13-18-16-7-3-1-5-14(16)15-6-2-4-8-17(15)18/h1-8,18-19,22,28H,9-13H2,(H,26,32)(H,30,31). The van der Waals surface area contributed by atoms with Crippen LogP contribution in [-0.4, -0.2) is 71.9 Å². The van der Waals surface area contributed by atoms with Crippen LogP contribution in [0.25, 0.3) is 11.1 Å². The number of fused-ring (bicyclic) bond motifs is 3. The number of carbonyl (C=O) groups is 3. The molecule has 2 aromatic carbocycles. The zero-order valence-corrected chi connectivity index (χ0v) is 17.6. The lowest BCUT2D eigenvalue weighted by Crippen LogP contribution is -2.46. The molecular weight excluding hydrogens is 438 g/mol. The monoisotopic (exact) mass is 462 g/mol. The van der Waals surface area contributed by atoms with Gasteiger partial charge in [0.2, 0.25) is 5.91 Å². The number of nitrogens with zero attached hydrogens (tertiary/aromatic N) is 1. The molecule has 0 spiro atoms. The Morgan fingerprint density at radius 2 is 1.61 bits per heavy atom. The van der Waals surface area contributed by atoms with E-state index in [2.05, 4.69) is 0 Å². The third-order valence-corrected chi connectivity index (χ3v) is 5.39.